The van der Waals surface area contributed by atoms with Gasteiger partial charge in [-0.25, -0.2) is 12.4 Å². The lowest BCUT2D eigenvalue weighted by Gasteiger charge is -2.22. The lowest BCUT2D eigenvalue weighted by Crippen LogP contribution is -2.13. The van der Waals surface area contributed by atoms with Crippen LogP contribution >= 0.6 is 0 Å². The number of fused-ring (bicyclic) bond motifs is 6. The summed E-state index contributed by atoms with van der Waals surface area (Å²) in [7, 11) is -4.22. The van der Waals surface area contributed by atoms with Crippen molar-refractivity contribution in [2.24, 2.45) is 0 Å². The van der Waals surface area contributed by atoms with E-state index in [1.807, 2.05) is 13.0 Å². The fraction of sp³-hybridized carbons (Fsp3) is 0.163. The Hall–Kier alpha value is -5.13. The monoisotopic (exact) mass is 655 g/mol. The van der Waals surface area contributed by atoms with Gasteiger partial charge in [0.2, 0.25) is 0 Å². The lowest BCUT2D eigenvalue weighted by atomic mass is 9.83. The van der Waals surface area contributed by atoms with Gasteiger partial charge in [0.05, 0.1) is 42.0 Å². The van der Waals surface area contributed by atoms with E-state index in [1.165, 1.54) is 20.7 Å². The first-order valence-electron chi connectivity index (χ1n) is 21.6. The fourth-order valence-electron chi connectivity index (χ4n) is 7.11. The molecule has 0 spiro atoms. The van der Waals surface area contributed by atoms with Gasteiger partial charge >= 0.3 is 0 Å². The van der Waals surface area contributed by atoms with E-state index in [4.69, 9.17) is 6.85 Å². The van der Waals surface area contributed by atoms with Crippen molar-refractivity contribution < 1.29 is 23.5 Å². The maximum absolute atomic E-state index is 14.6. The minimum Gasteiger partial charge on any atom is -0.309 e. The number of hydrogen-bond acceptors (Lipinski definition) is 2. The number of aromatic nitrogens is 2. The summed E-state index contributed by atoms with van der Waals surface area (Å²) in [6.45, 7) is 1.86. The number of para-hydroxylation sites is 1. The van der Waals surface area contributed by atoms with Crippen molar-refractivity contribution in [1.29, 1.82) is 0 Å². The zero-order valence-corrected chi connectivity index (χ0v) is 26.9. The first kappa shape index (κ1) is 19.6. The largest absolute Gasteiger partial charge is 0.309 e. The number of nitrogens with zero attached hydrogens (tertiary/aromatic N) is 2. The van der Waals surface area contributed by atoms with E-state index in [-0.39, 0.29) is 62.0 Å². The van der Waals surface area contributed by atoms with Crippen molar-refractivity contribution in [1.82, 2.24) is 8.54 Å². The van der Waals surface area contributed by atoms with Crippen molar-refractivity contribution in [2.45, 2.75) is 49.8 Å². The van der Waals surface area contributed by atoms with Gasteiger partial charge in [0, 0.05) is 27.2 Å². The average Bonchev–Trinajstić information content (AvgIpc) is 3.77. The van der Waals surface area contributed by atoms with E-state index >= 15 is 0 Å². The van der Waals surface area contributed by atoms with E-state index in [0.29, 0.717) is 34.7 Å². The van der Waals surface area contributed by atoms with Gasteiger partial charge in [-0.15, -0.1) is 0 Å². The van der Waals surface area contributed by atoms with Gasteiger partial charge < -0.3 is 4.57 Å². The average molecular weight is 656 g/mol. The topological polar surface area (TPSA) is 44.0 Å². The van der Waals surface area contributed by atoms with Gasteiger partial charge in [0.1, 0.15) is 0 Å². The Morgan fingerprint density at radius 2 is 1.35 bits per heavy atom. The molecule has 5 heteroatoms. The summed E-state index contributed by atoms with van der Waals surface area (Å²) >= 11 is 0. The third kappa shape index (κ3) is 4.60. The lowest BCUT2D eigenvalue weighted by molar-refractivity contribution is 0.444. The molecule has 0 amide bonds. The fourth-order valence-corrected chi connectivity index (χ4v) is 8.63. The Kier molecular flexibility index (Phi) is 4.60. The van der Waals surface area contributed by atoms with Crippen LogP contribution in [0.15, 0.2) is 138 Å². The second-order valence-corrected chi connectivity index (χ2v) is 14.2. The third-order valence-electron chi connectivity index (χ3n) is 9.50. The molecule has 0 bridgehead atoms. The van der Waals surface area contributed by atoms with Crippen LogP contribution in [0, 0.1) is 6.92 Å². The number of benzene rings is 6. The normalized spacial score (nSPS) is 17.6. The Morgan fingerprint density at radius 3 is 2.15 bits per heavy atom. The summed E-state index contributed by atoms with van der Waals surface area (Å²) in [5.74, 6) is -0.213. The summed E-state index contributed by atoms with van der Waals surface area (Å²) in [6.07, 6.45) is 4.13. The highest BCUT2D eigenvalue weighted by molar-refractivity contribution is 7.90. The summed E-state index contributed by atoms with van der Waals surface area (Å²) in [4.78, 5) is 0.0562. The molecular formula is C43H36N2O2S. The SMILES string of the molecule is [2H]c1c([2H])c([2H])c(-c2c([2H])c([2H])c3c(c2[2H])c2c([2H])c(C4CCCCC4)c([2H])c([2H])c2n3-c2ccc3c4ccccc4n(S(=O)(=O)c4ccc(C)cc4)c3c2)c([2H])c1[2H]. The molecule has 0 N–H and O–H groups in total. The highest BCUT2D eigenvalue weighted by atomic mass is 32.2. The molecule has 0 atom stereocenters. The molecule has 1 fully saturated rings. The molecule has 0 radical (unpaired) electrons. The summed E-state index contributed by atoms with van der Waals surface area (Å²) < 4.78 is 131. The van der Waals surface area contributed by atoms with Crippen molar-refractivity contribution in [2.75, 3.05) is 0 Å². The minimum atomic E-state index is -4.22. The van der Waals surface area contributed by atoms with Gasteiger partial charge in [0.25, 0.3) is 10.0 Å². The number of hydrogen-bond donors (Lipinski definition) is 0. The Balaban J connectivity index is 1.45. The van der Waals surface area contributed by atoms with Crippen LogP contribution in [-0.4, -0.2) is 17.0 Å². The quantitative estimate of drug-likeness (QED) is 0.185. The molecule has 2 aromatic heterocycles. The molecule has 236 valence electrons. The maximum atomic E-state index is 14.6. The molecule has 2 heterocycles. The molecule has 0 unspecified atom stereocenters. The van der Waals surface area contributed by atoms with Crippen molar-refractivity contribution >= 4 is 53.6 Å². The maximum Gasteiger partial charge on any atom is 0.268 e. The van der Waals surface area contributed by atoms with Crippen LogP contribution in [0.4, 0.5) is 0 Å². The van der Waals surface area contributed by atoms with Crippen LogP contribution in [0.5, 0.6) is 0 Å². The van der Waals surface area contributed by atoms with Gasteiger partial charge in [-0.3, -0.25) is 0 Å². The summed E-state index contributed by atoms with van der Waals surface area (Å²) in [5, 5.41) is 1.25. The van der Waals surface area contributed by atoms with Crippen LogP contribution in [0.2, 0.25) is 0 Å². The summed E-state index contributed by atoms with van der Waals surface area (Å²) in [5.41, 5.74) is 1.23. The number of rotatable bonds is 5. The molecule has 6 aromatic carbocycles. The zero-order chi connectivity index (χ0) is 42.0. The predicted molar refractivity (Wildman–Crippen MR) is 199 cm³/mol. The van der Waals surface area contributed by atoms with Crippen molar-refractivity contribution in [3.8, 4) is 16.8 Å². The van der Waals surface area contributed by atoms with Crippen molar-refractivity contribution in [3.63, 3.8) is 0 Å². The molecule has 48 heavy (non-hydrogen) atoms. The van der Waals surface area contributed by atoms with Crippen molar-refractivity contribution in [3.05, 3.63) is 144 Å². The van der Waals surface area contributed by atoms with Crippen LogP contribution in [0.25, 0.3) is 60.4 Å². The van der Waals surface area contributed by atoms with E-state index in [2.05, 4.69) is 0 Å². The van der Waals surface area contributed by atoms with Gasteiger partial charge in [-0.1, -0.05) is 104 Å². The standard InChI is InChI=1S/C43H36N2O2S/c1-29-16-21-35(22-17-29)48(46,47)45-42-15-9-8-14-36(42)37-23-20-34(28-43(37)45)44-40-24-18-32(30-10-4-2-5-11-30)26-38(40)39-27-33(19-25-41(39)44)31-12-6-3-7-13-31/h2,4-5,8-11,14-28,31H,3,6-7,12-13H2,1H3/i2D,4D,5D,10D,11D,18D,19D,24D,25D,26D,27D. The molecule has 8 aromatic rings. The second kappa shape index (κ2) is 11.2. The molecule has 1 saturated carbocycles. The van der Waals surface area contributed by atoms with Gasteiger partial charge in [-0.2, -0.15) is 0 Å². The Morgan fingerprint density at radius 1 is 0.646 bits per heavy atom. The van der Waals surface area contributed by atoms with Crippen LogP contribution in [-0.2, 0) is 10.0 Å². The smallest absolute Gasteiger partial charge is 0.268 e. The number of aryl methyl sites for hydroxylation is 1. The first-order chi connectivity index (χ1) is 28.1. The predicted octanol–water partition coefficient (Wildman–Crippen LogP) is 11.2. The zero-order valence-electron chi connectivity index (χ0n) is 37.1. The Bertz CT molecular complexity index is 3210. The molecular weight excluding hydrogens is 609 g/mol. The molecule has 0 saturated heterocycles. The molecule has 1 aliphatic carbocycles. The van der Waals surface area contributed by atoms with E-state index in [1.54, 1.807) is 48.5 Å². The third-order valence-corrected chi connectivity index (χ3v) is 11.2. The van der Waals surface area contributed by atoms with E-state index in [0.717, 1.165) is 24.8 Å². The Labute approximate surface area is 296 Å². The second-order valence-electron chi connectivity index (χ2n) is 12.5. The highest BCUT2D eigenvalue weighted by Gasteiger charge is 2.25. The van der Waals surface area contributed by atoms with Crippen LogP contribution in [0.3, 0.4) is 0 Å². The first-order valence-corrected chi connectivity index (χ1v) is 17.5. The molecule has 9 rings (SSSR count). The molecule has 0 aliphatic heterocycles. The van der Waals surface area contributed by atoms with Crippen LogP contribution < -0.4 is 0 Å². The van der Waals surface area contributed by atoms with Crippen LogP contribution in [0.1, 0.15) is 64.2 Å². The minimum absolute atomic E-state index is 0.00225. The highest BCUT2D eigenvalue weighted by Crippen LogP contribution is 2.41. The summed E-state index contributed by atoms with van der Waals surface area (Å²) in [6, 6.07) is 13.1. The van der Waals surface area contributed by atoms with E-state index in [9.17, 15) is 16.6 Å². The molecule has 1 aliphatic rings. The molecule has 4 nitrogen and oxygen atoms in total. The van der Waals surface area contributed by atoms with Gasteiger partial charge in [0.15, 0.2) is 0 Å². The van der Waals surface area contributed by atoms with Gasteiger partial charge in [-0.05, 0) is 96.9 Å². The van der Waals surface area contributed by atoms with E-state index < -0.39 is 69.5 Å².